The summed E-state index contributed by atoms with van der Waals surface area (Å²) in [6.07, 6.45) is 2.77. The summed E-state index contributed by atoms with van der Waals surface area (Å²) in [5.74, 6) is 7.40. The molecule has 0 aliphatic carbocycles. The Morgan fingerprint density at radius 2 is 2.16 bits per heavy atom. The second-order valence-corrected chi connectivity index (χ2v) is 10.3. The number of halogens is 2. The third-order valence-corrected chi connectivity index (χ3v) is 7.25. The molecule has 0 saturated carbocycles. The third kappa shape index (κ3) is 6.40. The summed E-state index contributed by atoms with van der Waals surface area (Å²) < 4.78 is 19.2. The van der Waals surface area contributed by atoms with Crippen molar-refractivity contribution in [1.82, 2.24) is 20.6 Å². The number of nitrogens with zero attached hydrogens (tertiary/aromatic N) is 2. The van der Waals surface area contributed by atoms with Crippen LogP contribution in [0.25, 0.3) is 10.2 Å². The van der Waals surface area contributed by atoms with Crippen molar-refractivity contribution < 1.29 is 13.9 Å². The number of fused-ring (bicyclic) bond motifs is 1. The highest BCUT2D eigenvalue weighted by molar-refractivity contribution is 7.19. The number of aromatic nitrogens is 2. The summed E-state index contributed by atoms with van der Waals surface area (Å²) in [6, 6.07) is 13.7. The van der Waals surface area contributed by atoms with E-state index in [1.54, 1.807) is 24.3 Å². The van der Waals surface area contributed by atoms with E-state index in [1.165, 1.54) is 29.8 Å². The largest absolute Gasteiger partial charge is 0.487 e. The maximum atomic E-state index is 13.4. The first kappa shape index (κ1) is 25.9. The van der Waals surface area contributed by atoms with Crippen LogP contribution >= 0.6 is 22.9 Å². The number of benzene rings is 2. The van der Waals surface area contributed by atoms with E-state index in [0.29, 0.717) is 29.6 Å². The number of ether oxygens (including phenoxy) is 1. The third-order valence-electron chi connectivity index (χ3n) is 5.99. The predicted molar refractivity (Wildman–Crippen MR) is 148 cm³/mol. The number of nitrogens with one attached hydrogen (secondary N) is 3. The van der Waals surface area contributed by atoms with Crippen LogP contribution in [0.15, 0.2) is 54.9 Å². The molecule has 38 heavy (non-hydrogen) atoms. The van der Waals surface area contributed by atoms with Crippen LogP contribution in [0.4, 0.5) is 15.9 Å². The molecule has 0 spiro atoms. The fraction of sp³-hybridized carbons (Fsp3) is 0.250. The Balaban J connectivity index is 1.25. The predicted octanol–water partition coefficient (Wildman–Crippen LogP) is 5.41. The molecular weight excluding hydrogens is 525 g/mol. The number of hydrogen-bond acceptors (Lipinski definition) is 7. The van der Waals surface area contributed by atoms with E-state index < -0.39 is 0 Å². The maximum absolute atomic E-state index is 13.4. The van der Waals surface area contributed by atoms with Gasteiger partial charge in [-0.25, -0.2) is 14.4 Å². The summed E-state index contributed by atoms with van der Waals surface area (Å²) in [5.41, 5.74) is 1.46. The van der Waals surface area contributed by atoms with Crippen LogP contribution in [0, 0.1) is 17.7 Å². The van der Waals surface area contributed by atoms with Gasteiger partial charge in [-0.05, 0) is 48.4 Å². The molecule has 4 aromatic rings. The molecular formula is C28H25ClFN5O2S. The first-order valence-corrected chi connectivity index (χ1v) is 13.4. The first-order chi connectivity index (χ1) is 18.5. The Bertz CT molecular complexity index is 1530. The number of thiophene rings is 1. The molecule has 0 bridgehead atoms. The maximum Gasteiger partial charge on any atom is 0.219 e. The quantitative estimate of drug-likeness (QED) is 0.267. The van der Waals surface area contributed by atoms with Gasteiger partial charge in [0.15, 0.2) is 0 Å². The van der Waals surface area contributed by atoms with Gasteiger partial charge in [0.2, 0.25) is 5.91 Å². The van der Waals surface area contributed by atoms with Gasteiger partial charge in [0, 0.05) is 24.7 Å². The Hall–Kier alpha value is -3.71. The minimum absolute atomic E-state index is 0.0230. The molecule has 7 nitrogen and oxygen atoms in total. The Kier molecular flexibility index (Phi) is 8.03. The lowest BCUT2D eigenvalue weighted by atomic mass is 10.1. The van der Waals surface area contributed by atoms with Crippen molar-refractivity contribution in [3.8, 4) is 17.6 Å². The molecule has 3 heterocycles. The van der Waals surface area contributed by atoms with Crippen LogP contribution in [-0.2, 0) is 11.4 Å². The monoisotopic (exact) mass is 549 g/mol. The van der Waals surface area contributed by atoms with Gasteiger partial charge >= 0.3 is 0 Å². The van der Waals surface area contributed by atoms with E-state index in [2.05, 4.69) is 37.8 Å². The van der Waals surface area contributed by atoms with Crippen molar-refractivity contribution in [2.24, 2.45) is 0 Å². The fourth-order valence-electron chi connectivity index (χ4n) is 4.08. The minimum atomic E-state index is -0.309. The minimum Gasteiger partial charge on any atom is -0.487 e. The topological polar surface area (TPSA) is 88.2 Å². The van der Waals surface area contributed by atoms with Gasteiger partial charge in [-0.3, -0.25) is 4.79 Å². The van der Waals surface area contributed by atoms with E-state index in [0.717, 1.165) is 32.8 Å². The summed E-state index contributed by atoms with van der Waals surface area (Å²) in [5, 5.41) is 10.9. The summed E-state index contributed by atoms with van der Waals surface area (Å²) in [7, 11) is 0. The number of anilines is 2. The molecule has 0 radical (unpaired) electrons. The van der Waals surface area contributed by atoms with Crippen LogP contribution in [0.2, 0.25) is 5.02 Å². The van der Waals surface area contributed by atoms with E-state index in [9.17, 15) is 9.18 Å². The molecule has 5 rings (SSSR count). The van der Waals surface area contributed by atoms with Crippen molar-refractivity contribution in [1.29, 1.82) is 0 Å². The second kappa shape index (κ2) is 11.8. The first-order valence-electron chi connectivity index (χ1n) is 12.2. The standard InChI is InChI=1S/C28H25ClFN5O2S/c1-2-26(36)34-21-11-19(31-14-21)6-8-22-13-23-27(32-16-33-28(23)38-22)35-20-7-9-25(24(29)12-20)37-15-17-4-3-5-18(30)10-17/h3-5,7,9-10,12-13,16,19,21,31H,2,11,14-15H2,1H3,(H,34,36)(H,32,33,35)/t19-,21+/m1/s1. The Morgan fingerprint density at radius 1 is 1.26 bits per heavy atom. The van der Waals surface area contributed by atoms with Crippen LogP contribution in [-0.4, -0.2) is 34.5 Å². The Labute approximate surface area is 228 Å². The normalized spacial score (nSPS) is 16.6. The number of carbonyl (C=O) groups excluding carboxylic acids is 1. The lowest BCUT2D eigenvalue weighted by molar-refractivity contribution is -0.121. The number of rotatable bonds is 7. The molecule has 1 saturated heterocycles. The van der Waals surface area contributed by atoms with E-state index >= 15 is 0 Å². The van der Waals surface area contributed by atoms with Gasteiger partial charge in [0.25, 0.3) is 0 Å². The lowest BCUT2D eigenvalue weighted by Gasteiger charge is -2.11. The zero-order valence-corrected chi connectivity index (χ0v) is 22.1. The van der Waals surface area contributed by atoms with Gasteiger partial charge < -0.3 is 20.7 Å². The highest BCUT2D eigenvalue weighted by Crippen LogP contribution is 2.33. The second-order valence-electron chi connectivity index (χ2n) is 8.82. The highest BCUT2D eigenvalue weighted by atomic mass is 35.5. The fourth-order valence-corrected chi connectivity index (χ4v) is 5.18. The van der Waals surface area contributed by atoms with Gasteiger partial charge in [-0.15, -0.1) is 11.3 Å². The molecule has 2 aromatic carbocycles. The molecule has 1 aliphatic rings. The molecule has 1 amide bonds. The van der Waals surface area contributed by atoms with Crippen molar-refractivity contribution in [2.45, 2.75) is 38.5 Å². The van der Waals surface area contributed by atoms with Crippen molar-refractivity contribution >= 4 is 50.6 Å². The van der Waals surface area contributed by atoms with E-state index in [4.69, 9.17) is 16.3 Å². The van der Waals surface area contributed by atoms with Crippen molar-refractivity contribution in [3.63, 3.8) is 0 Å². The molecule has 2 atom stereocenters. The van der Waals surface area contributed by atoms with Crippen LogP contribution in [0.5, 0.6) is 5.75 Å². The van der Waals surface area contributed by atoms with Gasteiger partial charge in [0.1, 0.15) is 35.1 Å². The SMILES string of the molecule is CCC(=O)N[C@@H]1CN[C@H](C#Cc2cc3c(Nc4ccc(OCc5cccc(F)c5)c(Cl)c4)ncnc3s2)C1. The zero-order chi connectivity index (χ0) is 26.5. The Morgan fingerprint density at radius 3 is 2.97 bits per heavy atom. The average Bonchev–Trinajstić information content (AvgIpc) is 3.54. The molecule has 3 N–H and O–H groups in total. The van der Waals surface area contributed by atoms with Crippen LogP contribution in [0.1, 0.15) is 30.2 Å². The number of hydrogen-bond donors (Lipinski definition) is 3. The molecule has 1 aliphatic heterocycles. The molecule has 10 heteroatoms. The molecule has 0 unspecified atom stereocenters. The summed E-state index contributed by atoms with van der Waals surface area (Å²) in [4.78, 5) is 22.1. The summed E-state index contributed by atoms with van der Waals surface area (Å²) in [6.45, 7) is 2.77. The van der Waals surface area contributed by atoms with Crippen LogP contribution in [0.3, 0.4) is 0 Å². The summed E-state index contributed by atoms with van der Waals surface area (Å²) >= 11 is 7.94. The molecule has 194 valence electrons. The number of carbonyl (C=O) groups is 1. The van der Waals surface area contributed by atoms with Gasteiger partial charge in [-0.2, -0.15) is 0 Å². The molecule has 1 fully saturated rings. The lowest BCUT2D eigenvalue weighted by Crippen LogP contribution is -2.35. The highest BCUT2D eigenvalue weighted by Gasteiger charge is 2.23. The zero-order valence-electron chi connectivity index (χ0n) is 20.6. The van der Waals surface area contributed by atoms with Gasteiger partial charge in [-0.1, -0.05) is 42.5 Å². The van der Waals surface area contributed by atoms with Crippen molar-refractivity contribution in [3.05, 3.63) is 76.1 Å². The smallest absolute Gasteiger partial charge is 0.219 e. The average molecular weight is 550 g/mol. The number of amides is 1. The van der Waals surface area contributed by atoms with E-state index in [1.807, 2.05) is 19.1 Å². The van der Waals surface area contributed by atoms with E-state index in [-0.39, 0.29) is 30.4 Å². The van der Waals surface area contributed by atoms with Crippen LogP contribution < -0.4 is 20.7 Å². The molecule has 2 aromatic heterocycles. The van der Waals surface area contributed by atoms with Crippen molar-refractivity contribution in [2.75, 3.05) is 11.9 Å². The van der Waals surface area contributed by atoms with Gasteiger partial charge in [0.05, 0.1) is 21.3 Å².